The van der Waals surface area contributed by atoms with Gasteiger partial charge >= 0.3 is 0 Å². The van der Waals surface area contributed by atoms with Gasteiger partial charge < -0.3 is 14.4 Å². The molecule has 0 bridgehead atoms. The topological polar surface area (TPSA) is 43.1 Å². The number of piperazine rings is 1. The maximum atomic E-state index is 9.61. The Balaban J connectivity index is 1.36. The van der Waals surface area contributed by atoms with Crippen molar-refractivity contribution in [1.29, 1.82) is 0 Å². The molecule has 3 heterocycles. The second-order valence-electron chi connectivity index (χ2n) is 8.35. The molecule has 0 spiro atoms. The first kappa shape index (κ1) is 19.6. The molecular formula is C23H33N3O2. The Bertz CT molecular complexity index is 708. The van der Waals surface area contributed by atoms with Gasteiger partial charge in [0.1, 0.15) is 5.76 Å². The minimum Gasteiger partial charge on any atom is -0.464 e. The highest BCUT2D eigenvalue weighted by molar-refractivity contribution is 5.57. The molecule has 2 fully saturated rings. The van der Waals surface area contributed by atoms with E-state index in [1.54, 1.807) is 6.26 Å². The number of hydrogen-bond acceptors (Lipinski definition) is 5. The molecule has 1 N–H and O–H groups in total. The molecule has 5 heteroatoms. The standard InChI is InChI=1S/C23H33N3O2/c1-24-11-8-21(9-12-24)26-14-13-25(18-22(26)10-15-27)17-19-4-6-20(7-5-19)23-3-2-16-28-23/h2-7,16,21-22,27H,8-15,17-18H2,1H3. The number of furan rings is 1. The minimum absolute atomic E-state index is 0.277. The molecule has 4 rings (SSSR count). The van der Waals surface area contributed by atoms with Crippen LogP contribution < -0.4 is 0 Å². The fourth-order valence-electron chi connectivity index (χ4n) is 4.77. The molecule has 2 aromatic rings. The van der Waals surface area contributed by atoms with Gasteiger partial charge in [0.2, 0.25) is 0 Å². The van der Waals surface area contributed by atoms with Gasteiger partial charge in [0.05, 0.1) is 6.26 Å². The van der Waals surface area contributed by atoms with Crippen molar-refractivity contribution in [2.75, 3.05) is 46.4 Å². The van der Waals surface area contributed by atoms with E-state index in [1.807, 2.05) is 12.1 Å². The molecule has 0 saturated carbocycles. The molecule has 2 aliphatic heterocycles. The lowest BCUT2D eigenvalue weighted by molar-refractivity contribution is 0.00600. The van der Waals surface area contributed by atoms with E-state index in [-0.39, 0.29) is 6.61 Å². The van der Waals surface area contributed by atoms with Gasteiger partial charge in [0, 0.05) is 50.4 Å². The van der Waals surface area contributed by atoms with Crippen LogP contribution in [0.2, 0.25) is 0 Å². The van der Waals surface area contributed by atoms with Crippen LogP contribution in [0.25, 0.3) is 11.3 Å². The number of nitrogens with zero attached hydrogens (tertiary/aromatic N) is 3. The van der Waals surface area contributed by atoms with Crippen LogP contribution in [-0.4, -0.2) is 78.3 Å². The summed E-state index contributed by atoms with van der Waals surface area (Å²) < 4.78 is 5.48. The SMILES string of the molecule is CN1CCC(N2CCN(Cc3ccc(-c4ccco4)cc3)CC2CCO)CC1. The third-order valence-electron chi connectivity index (χ3n) is 6.40. The normalized spacial score (nSPS) is 23.3. The number of aliphatic hydroxyl groups is 1. The van der Waals surface area contributed by atoms with E-state index in [0.29, 0.717) is 12.1 Å². The Morgan fingerprint density at radius 1 is 1.04 bits per heavy atom. The van der Waals surface area contributed by atoms with Crippen molar-refractivity contribution < 1.29 is 9.52 Å². The first-order valence-corrected chi connectivity index (χ1v) is 10.6. The summed E-state index contributed by atoms with van der Waals surface area (Å²) in [6.07, 6.45) is 5.11. The van der Waals surface area contributed by atoms with Crippen LogP contribution in [0.4, 0.5) is 0 Å². The van der Waals surface area contributed by atoms with Crippen LogP contribution in [0, 0.1) is 0 Å². The molecular weight excluding hydrogens is 350 g/mol. The lowest BCUT2D eigenvalue weighted by atomic mass is 9.98. The van der Waals surface area contributed by atoms with Crippen molar-refractivity contribution in [1.82, 2.24) is 14.7 Å². The third kappa shape index (κ3) is 4.66. The predicted octanol–water partition coefficient (Wildman–Crippen LogP) is 2.91. The molecule has 0 amide bonds. The van der Waals surface area contributed by atoms with E-state index in [9.17, 15) is 5.11 Å². The molecule has 1 aromatic heterocycles. The average Bonchev–Trinajstić information content (AvgIpc) is 3.25. The monoisotopic (exact) mass is 383 g/mol. The number of aliphatic hydroxyl groups excluding tert-OH is 1. The highest BCUT2D eigenvalue weighted by Crippen LogP contribution is 2.25. The zero-order chi connectivity index (χ0) is 19.3. The van der Waals surface area contributed by atoms with E-state index in [4.69, 9.17) is 4.42 Å². The summed E-state index contributed by atoms with van der Waals surface area (Å²) in [4.78, 5) is 7.67. The Labute approximate surface area is 168 Å². The zero-order valence-corrected chi connectivity index (χ0v) is 17.0. The third-order valence-corrected chi connectivity index (χ3v) is 6.40. The van der Waals surface area contributed by atoms with Crippen LogP contribution in [0.15, 0.2) is 47.1 Å². The highest BCUT2D eigenvalue weighted by Gasteiger charge is 2.32. The Kier molecular flexibility index (Phi) is 6.47. The molecule has 0 radical (unpaired) electrons. The van der Waals surface area contributed by atoms with Crippen molar-refractivity contribution >= 4 is 0 Å². The predicted molar refractivity (Wildman–Crippen MR) is 112 cm³/mol. The van der Waals surface area contributed by atoms with Crippen molar-refractivity contribution in [3.8, 4) is 11.3 Å². The lowest BCUT2D eigenvalue weighted by Crippen LogP contribution is -2.58. The van der Waals surface area contributed by atoms with E-state index < -0.39 is 0 Å². The number of likely N-dealkylation sites (tertiary alicyclic amines) is 1. The van der Waals surface area contributed by atoms with Gasteiger partial charge in [0.25, 0.3) is 0 Å². The van der Waals surface area contributed by atoms with Crippen LogP contribution in [-0.2, 0) is 6.54 Å². The minimum atomic E-state index is 0.277. The van der Waals surface area contributed by atoms with E-state index >= 15 is 0 Å². The summed E-state index contributed by atoms with van der Waals surface area (Å²) in [5, 5.41) is 9.61. The van der Waals surface area contributed by atoms with Crippen molar-refractivity contribution in [2.45, 2.75) is 37.9 Å². The second kappa shape index (κ2) is 9.23. The number of rotatable bonds is 6. The van der Waals surface area contributed by atoms with E-state index in [1.165, 1.54) is 31.5 Å². The second-order valence-corrected chi connectivity index (χ2v) is 8.35. The van der Waals surface area contributed by atoms with Gasteiger partial charge in [-0.3, -0.25) is 9.80 Å². The smallest absolute Gasteiger partial charge is 0.133 e. The summed E-state index contributed by atoms with van der Waals surface area (Å²) >= 11 is 0. The van der Waals surface area contributed by atoms with Crippen LogP contribution in [0.5, 0.6) is 0 Å². The molecule has 0 aliphatic carbocycles. The van der Waals surface area contributed by atoms with Gasteiger partial charge in [-0.15, -0.1) is 0 Å². The molecule has 2 saturated heterocycles. The van der Waals surface area contributed by atoms with Gasteiger partial charge in [0.15, 0.2) is 0 Å². The fourth-order valence-corrected chi connectivity index (χ4v) is 4.77. The van der Waals surface area contributed by atoms with Crippen LogP contribution in [0.1, 0.15) is 24.8 Å². The number of piperidine rings is 1. The summed E-state index contributed by atoms with van der Waals surface area (Å²) in [5.74, 6) is 0.918. The van der Waals surface area contributed by atoms with Crippen molar-refractivity contribution in [3.05, 3.63) is 48.2 Å². The fraction of sp³-hybridized carbons (Fsp3) is 0.565. The van der Waals surface area contributed by atoms with Gasteiger partial charge in [-0.1, -0.05) is 24.3 Å². The molecule has 28 heavy (non-hydrogen) atoms. The van der Waals surface area contributed by atoms with Gasteiger partial charge in [-0.2, -0.15) is 0 Å². The molecule has 1 aromatic carbocycles. The average molecular weight is 384 g/mol. The Hall–Kier alpha value is -1.66. The molecule has 2 aliphatic rings. The molecule has 1 atom stereocenters. The highest BCUT2D eigenvalue weighted by atomic mass is 16.3. The van der Waals surface area contributed by atoms with Crippen molar-refractivity contribution in [2.24, 2.45) is 0 Å². The Morgan fingerprint density at radius 2 is 1.82 bits per heavy atom. The maximum absolute atomic E-state index is 9.61. The van der Waals surface area contributed by atoms with Gasteiger partial charge in [-0.25, -0.2) is 0 Å². The van der Waals surface area contributed by atoms with Gasteiger partial charge in [-0.05, 0) is 57.1 Å². The zero-order valence-electron chi connectivity index (χ0n) is 17.0. The lowest BCUT2D eigenvalue weighted by Gasteiger charge is -2.47. The quantitative estimate of drug-likeness (QED) is 0.831. The maximum Gasteiger partial charge on any atom is 0.133 e. The summed E-state index contributed by atoms with van der Waals surface area (Å²) in [6, 6.07) is 13.8. The van der Waals surface area contributed by atoms with Crippen LogP contribution in [0.3, 0.4) is 0 Å². The number of benzene rings is 1. The number of hydrogen-bond donors (Lipinski definition) is 1. The molecule has 152 valence electrons. The molecule has 1 unspecified atom stereocenters. The van der Waals surface area contributed by atoms with Crippen molar-refractivity contribution in [3.63, 3.8) is 0 Å². The first-order chi connectivity index (χ1) is 13.7. The summed E-state index contributed by atoms with van der Waals surface area (Å²) in [5.41, 5.74) is 2.46. The summed E-state index contributed by atoms with van der Waals surface area (Å²) in [7, 11) is 2.22. The van der Waals surface area contributed by atoms with E-state index in [0.717, 1.165) is 43.9 Å². The first-order valence-electron chi connectivity index (χ1n) is 10.6. The van der Waals surface area contributed by atoms with E-state index in [2.05, 4.69) is 46.0 Å². The Morgan fingerprint density at radius 3 is 2.50 bits per heavy atom. The summed E-state index contributed by atoms with van der Waals surface area (Å²) in [6.45, 7) is 6.91. The molecule has 5 nitrogen and oxygen atoms in total. The van der Waals surface area contributed by atoms with Crippen LogP contribution >= 0.6 is 0 Å². The largest absolute Gasteiger partial charge is 0.464 e.